The molecule has 0 saturated heterocycles. The molecule has 0 saturated carbocycles. The molecular weight excluding hydrogens is 531 g/mol. The van der Waals surface area contributed by atoms with Crippen LogP contribution >= 0.6 is 20.7 Å². The first-order chi connectivity index (χ1) is 16.7. The van der Waals surface area contributed by atoms with E-state index in [2.05, 4.69) is 94.8 Å². The fourth-order valence-electron chi connectivity index (χ4n) is 5.29. The molecule has 0 N–H and O–H groups in total. The Kier molecular flexibility index (Phi) is 4.56. The van der Waals surface area contributed by atoms with Crippen LogP contribution in [-0.4, -0.2) is 4.01 Å². The van der Waals surface area contributed by atoms with Gasteiger partial charge < -0.3 is 8.83 Å². The van der Waals surface area contributed by atoms with Crippen molar-refractivity contribution < 1.29 is 8.83 Å². The summed E-state index contributed by atoms with van der Waals surface area (Å²) in [6.07, 6.45) is 9.85. The van der Waals surface area contributed by atoms with Gasteiger partial charge in [-0.15, -0.1) is 0 Å². The lowest BCUT2D eigenvalue weighted by atomic mass is 9.88. The Morgan fingerprint density at radius 1 is 0.853 bits per heavy atom. The third-order valence-electron chi connectivity index (χ3n) is 6.98. The van der Waals surface area contributed by atoms with E-state index in [1.54, 1.807) is 0 Å². The third kappa shape index (κ3) is 3.10. The van der Waals surface area contributed by atoms with Crippen LogP contribution in [-0.2, 0) is 0 Å². The van der Waals surface area contributed by atoms with Gasteiger partial charge in [0.15, 0.2) is 0 Å². The van der Waals surface area contributed by atoms with Crippen LogP contribution in [0.15, 0.2) is 79.7 Å². The molecule has 3 aromatic carbocycles. The molecule has 2 aromatic heterocycles. The molecule has 1 aliphatic heterocycles. The van der Waals surface area contributed by atoms with Crippen LogP contribution in [0.3, 0.4) is 0 Å². The lowest BCUT2D eigenvalue weighted by Gasteiger charge is -2.14. The number of furan rings is 2. The molecule has 0 fully saturated rings. The first kappa shape index (κ1) is 20.2. The van der Waals surface area contributed by atoms with Gasteiger partial charge >= 0.3 is 0 Å². The smallest absolute Gasteiger partial charge is 0.142 e. The first-order valence-corrected chi connectivity index (χ1v) is 14.2. The highest BCUT2D eigenvalue weighted by atomic mass is 127. The van der Waals surface area contributed by atoms with Gasteiger partial charge in [-0.2, -0.15) is 0 Å². The van der Waals surface area contributed by atoms with E-state index in [0.717, 1.165) is 28.9 Å². The third-order valence-corrected chi connectivity index (χ3v) is 8.84. The van der Waals surface area contributed by atoms with Crippen molar-refractivity contribution in [3.05, 3.63) is 93.3 Å². The second-order valence-electron chi connectivity index (χ2n) is 9.31. The number of hydrogen-bond acceptors (Lipinski definition) is 2. The molecule has 3 heteroatoms. The van der Waals surface area contributed by atoms with E-state index in [9.17, 15) is 0 Å². The standard InChI is InChI=1S/C31H23IO2/c1-18-8-10-27-24(13-18)25-14-20(9-11-28(25)33-27)22-15-23(21-6-4-12-32-17-21)31-26(16-22)30-19(2)5-3-7-29(30)34-31/h3-4,6-17,19H,5H2,1-2H3. The average Bonchev–Trinajstić information content (AvgIpc) is 3.42. The Morgan fingerprint density at radius 3 is 2.53 bits per heavy atom. The molecule has 0 spiro atoms. The molecule has 1 atom stereocenters. The van der Waals surface area contributed by atoms with Crippen molar-refractivity contribution in [2.75, 3.05) is 0 Å². The maximum Gasteiger partial charge on any atom is 0.142 e. The van der Waals surface area contributed by atoms with Crippen molar-refractivity contribution in [2.45, 2.75) is 26.2 Å². The summed E-state index contributed by atoms with van der Waals surface area (Å²) in [6, 6.07) is 17.6. The highest BCUT2D eigenvalue weighted by Crippen LogP contribution is 2.43. The van der Waals surface area contributed by atoms with E-state index in [1.165, 1.54) is 49.5 Å². The Labute approximate surface area is 208 Å². The monoisotopic (exact) mass is 554 g/mol. The maximum absolute atomic E-state index is 6.49. The van der Waals surface area contributed by atoms with Crippen molar-refractivity contribution in [1.29, 1.82) is 0 Å². The molecule has 1 unspecified atom stereocenters. The van der Waals surface area contributed by atoms with Gasteiger partial charge in [-0.3, -0.25) is 0 Å². The Balaban J connectivity index is 1.51. The summed E-state index contributed by atoms with van der Waals surface area (Å²) in [4.78, 5) is 0. The molecule has 166 valence electrons. The summed E-state index contributed by atoms with van der Waals surface area (Å²) in [5, 5.41) is 3.59. The van der Waals surface area contributed by atoms with Gasteiger partial charge in [0.25, 0.3) is 0 Å². The summed E-state index contributed by atoms with van der Waals surface area (Å²) in [5.41, 5.74) is 10.4. The molecule has 1 aliphatic carbocycles. The Bertz CT molecular complexity index is 1750. The van der Waals surface area contributed by atoms with Crippen LogP contribution < -0.4 is 0 Å². The molecule has 3 heterocycles. The van der Waals surface area contributed by atoms with E-state index in [-0.39, 0.29) is 20.7 Å². The molecule has 0 radical (unpaired) electrons. The van der Waals surface area contributed by atoms with Gasteiger partial charge in [0.2, 0.25) is 0 Å². The topological polar surface area (TPSA) is 26.3 Å². The molecule has 0 amide bonds. The molecular formula is C31H23IO2. The van der Waals surface area contributed by atoms with E-state index < -0.39 is 0 Å². The fourth-order valence-corrected chi connectivity index (χ4v) is 6.87. The molecule has 5 aromatic rings. The first-order valence-electron chi connectivity index (χ1n) is 11.7. The van der Waals surface area contributed by atoms with Crippen LogP contribution in [0.2, 0.25) is 0 Å². The maximum atomic E-state index is 6.49. The SMILES string of the molecule is Cc1ccc2oc3ccc(-c4cc(C5=CI=CC=C5)c5oc6c(c5c4)C(C)CC=C6)cc3c2c1. The number of aryl methyl sites for hydroxylation is 1. The minimum Gasteiger partial charge on any atom is -0.456 e. The van der Waals surface area contributed by atoms with Crippen LogP contribution in [0.1, 0.15) is 41.7 Å². The van der Waals surface area contributed by atoms with Gasteiger partial charge in [-0.05, 0) is 86.5 Å². The van der Waals surface area contributed by atoms with Gasteiger partial charge in [0.1, 0.15) is 22.5 Å². The quantitative estimate of drug-likeness (QED) is 0.203. The Morgan fingerprint density at radius 2 is 1.68 bits per heavy atom. The number of benzene rings is 3. The Hall–Kier alpha value is -3.18. The summed E-state index contributed by atoms with van der Waals surface area (Å²) < 4.78 is 17.3. The normalized spacial score (nSPS) is 17.4. The zero-order valence-corrected chi connectivity index (χ0v) is 21.2. The predicted octanol–water partition coefficient (Wildman–Crippen LogP) is 9.51. The molecule has 7 rings (SSSR count). The predicted molar refractivity (Wildman–Crippen MR) is 153 cm³/mol. The van der Waals surface area contributed by atoms with Gasteiger partial charge in [0.05, 0.1) is 0 Å². The molecule has 0 bridgehead atoms. The van der Waals surface area contributed by atoms with Crippen LogP contribution in [0.5, 0.6) is 0 Å². The van der Waals surface area contributed by atoms with E-state index >= 15 is 0 Å². The minimum absolute atomic E-state index is 0.0612. The second kappa shape index (κ2) is 7.67. The van der Waals surface area contributed by atoms with Crippen molar-refractivity contribution >= 4 is 69.3 Å². The number of fused-ring (bicyclic) bond motifs is 6. The van der Waals surface area contributed by atoms with E-state index in [4.69, 9.17) is 8.83 Å². The van der Waals surface area contributed by atoms with Gasteiger partial charge in [-0.25, -0.2) is 0 Å². The summed E-state index contributed by atoms with van der Waals surface area (Å²) >= 11 is -0.0612. The molecule has 2 aliphatic rings. The zero-order chi connectivity index (χ0) is 22.8. The summed E-state index contributed by atoms with van der Waals surface area (Å²) in [6.45, 7) is 4.43. The average molecular weight is 554 g/mol. The highest BCUT2D eigenvalue weighted by molar-refractivity contribution is 14.2. The molecule has 34 heavy (non-hydrogen) atoms. The second-order valence-corrected chi connectivity index (χ2v) is 11.4. The van der Waals surface area contributed by atoms with Gasteiger partial charge in [0, 0.05) is 27.3 Å². The van der Waals surface area contributed by atoms with Crippen LogP contribution in [0, 0.1) is 6.92 Å². The molecule has 2 nitrogen and oxygen atoms in total. The van der Waals surface area contributed by atoms with Crippen molar-refractivity contribution in [3.8, 4) is 11.1 Å². The minimum atomic E-state index is -0.0612. The van der Waals surface area contributed by atoms with Gasteiger partial charge in [-0.1, -0.05) is 63.6 Å². The fraction of sp³-hybridized carbons (Fsp3) is 0.129. The van der Waals surface area contributed by atoms with Crippen molar-refractivity contribution in [1.82, 2.24) is 0 Å². The number of rotatable bonds is 2. The van der Waals surface area contributed by atoms with E-state index in [1.807, 2.05) is 0 Å². The largest absolute Gasteiger partial charge is 0.456 e. The van der Waals surface area contributed by atoms with Crippen LogP contribution in [0.4, 0.5) is 0 Å². The number of hydrogen-bond donors (Lipinski definition) is 0. The summed E-state index contributed by atoms with van der Waals surface area (Å²) in [7, 11) is 0. The van der Waals surface area contributed by atoms with Crippen LogP contribution in [0.25, 0.3) is 55.7 Å². The lowest BCUT2D eigenvalue weighted by Crippen LogP contribution is -1.97. The van der Waals surface area contributed by atoms with Crippen molar-refractivity contribution in [2.24, 2.45) is 0 Å². The van der Waals surface area contributed by atoms with E-state index in [0.29, 0.717) is 5.92 Å². The number of halogens is 1. The lowest BCUT2D eigenvalue weighted by molar-refractivity contribution is 0.585. The highest BCUT2D eigenvalue weighted by Gasteiger charge is 2.24. The van der Waals surface area contributed by atoms with Crippen molar-refractivity contribution in [3.63, 3.8) is 0 Å². The zero-order valence-electron chi connectivity index (χ0n) is 19.1. The summed E-state index contributed by atoms with van der Waals surface area (Å²) in [5.74, 6) is 1.46. The number of allylic oxidation sites excluding steroid dienone is 4.